The Hall–Kier alpha value is 0.660. The molecule has 2 N–H and O–H groups in total. The highest BCUT2D eigenvalue weighted by molar-refractivity contribution is 8.06. The van der Waals surface area contributed by atoms with Crippen molar-refractivity contribution in [1.82, 2.24) is 0 Å². The molecule has 1 aliphatic rings. The fourth-order valence-corrected chi connectivity index (χ4v) is 4.69. The molecule has 0 radical (unpaired) electrons. The van der Waals surface area contributed by atoms with Gasteiger partial charge in [0.2, 0.25) is 0 Å². The lowest BCUT2D eigenvalue weighted by molar-refractivity contribution is 0.421. The van der Waals surface area contributed by atoms with Gasteiger partial charge in [0.05, 0.1) is 0 Å². The molecule has 1 aliphatic heterocycles. The molecule has 0 bridgehead atoms. The van der Waals surface area contributed by atoms with Crippen LogP contribution in [-0.4, -0.2) is 28.6 Å². The summed E-state index contributed by atoms with van der Waals surface area (Å²) in [4.78, 5) is 0. The topological polar surface area (TPSA) is 26.0 Å². The van der Waals surface area contributed by atoms with Crippen molar-refractivity contribution >= 4 is 23.5 Å². The Kier molecular flexibility index (Phi) is 5.60. The van der Waals surface area contributed by atoms with Crippen molar-refractivity contribution in [2.45, 2.75) is 38.0 Å². The highest BCUT2D eigenvalue weighted by Gasteiger charge is 2.25. The smallest absolute Gasteiger partial charge is 0.0292 e. The monoisotopic (exact) mass is 219 g/mol. The molecule has 13 heavy (non-hydrogen) atoms. The van der Waals surface area contributed by atoms with Crippen molar-refractivity contribution in [3.05, 3.63) is 0 Å². The van der Waals surface area contributed by atoms with Crippen LogP contribution < -0.4 is 5.73 Å². The van der Waals surface area contributed by atoms with Gasteiger partial charge in [0.25, 0.3) is 0 Å². The van der Waals surface area contributed by atoms with Crippen LogP contribution >= 0.6 is 23.5 Å². The number of rotatable bonds is 4. The van der Waals surface area contributed by atoms with Crippen LogP contribution in [0.5, 0.6) is 0 Å². The van der Waals surface area contributed by atoms with Gasteiger partial charge >= 0.3 is 0 Å². The van der Waals surface area contributed by atoms with E-state index in [1.807, 2.05) is 0 Å². The SMILES string of the molecule is CCCC(C)C(N)C1CSCCS1. The first-order chi connectivity index (χ1) is 6.25. The van der Waals surface area contributed by atoms with E-state index in [2.05, 4.69) is 37.4 Å². The molecular weight excluding hydrogens is 198 g/mol. The molecule has 3 atom stereocenters. The molecule has 0 amide bonds. The molecule has 3 unspecified atom stereocenters. The van der Waals surface area contributed by atoms with Crippen molar-refractivity contribution in [2.75, 3.05) is 17.3 Å². The Morgan fingerprint density at radius 1 is 1.46 bits per heavy atom. The number of hydrogen-bond acceptors (Lipinski definition) is 3. The van der Waals surface area contributed by atoms with E-state index in [-0.39, 0.29) is 0 Å². The zero-order valence-corrected chi connectivity index (χ0v) is 10.3. The Balaban J connectivity index is 2.31. The van der Waals surface area contributed by atoms with Gasteiger partial charge in [-0.3, -0.25) is 0 Å². The van der Waals surface area contributed by atoms with E-state index in [9.17, 15) is 0 Å². The van der Waals surface area contributed by atoms with Gasteiger partial charge in [0.1, 0.15) is 0 Å². The molecule has 1 rings (SSSR count). The second-order valence-corrected chi connectivity index (χ2v) is 6.32. The Morgan fingerprint density at radius 2 is 2.23 bits per heavy atom. The molecular formula is C10H21NS2. The van der Waals surface area contributed by atoms with E-state index in [4.69, 9.17) is 5.73 Å². The Labute approximate surface area is 90.6 Å². The first kappa shape index (κ1) is 11.7. The van der Waals surface area contributed by atoms with Crippen molar-refractivity contribution < 1.29 is 0 Å². The van der Waals surface area contributed by atoms with Crippen LogP contribution in [-0.2, 0) is 0 Å². The maximum absolute atomic E-state index is 6.24. The summed E-state index contributed by atoms with van der Waals surface area (Å²) >= 11 is 4.15. The summed E-state index contributed by atoms with van der Waals surface area (Å²) in [6.45, 7) is 4.54. The summed E-state index contributed by atoms with van der Waals surface area (Å²) in [6.07, 6.45) is 2.54. The minimum absolute atomic E-state index is 0.415. The summed E-state index contributed by atoms with van der Waals surface area (Å²) in [7, 11) is 0. The normalized spacial score (nSPS) is 28.4. The molecule has 1 heterocycles. The minimum Gasteiger partial charge on any atom is -0.326 e. The van der Waals surface area contributed by atoms with Crippen LogP contribution in [0.15, 0.2) is 0 Å². The lowest BCUT2D eigenvalue weighted by Crippen LogP contribution is -2.41. The van der Waals surface area contributed by atoms with E-state index >= 15 is 0 Å². The average Bonchev–Trinajstić information content (AvgIpc) is 2.18. The Morgan fingerprint density at radius 3 is 2.77 bits per heavy atom. The van der Waals surface area contributed by atoms with Gasteiger partial charge in [-0.25, -0.2) is 0 Å². The van der Waals surface area contributed by atoms with E-state index in [0.717, 1.165) is 0 Å². The first-order valence-electron chi connectivity index (χ1n) is 5.20. The van der Waals surface area contributed by atoms with Crippen molar-refractivity contribution in [1.29, 1.82) is 0 Å². The first-order valence-corrected chi connectivity index (χ1v) is 7.41. The van der Waals surface area contributed by atoms with Crippen LogP contribution in [0, 0.1) is 5.92 Å². The number of hydrogen-bond donors (Lipinski definition) is 1. The van der Waals surface area contributed by atoms with E-state index in [1.54, 1.807) is 0 Å². The zero-order valence-electron chi connectivity index (χ0n) is 8.66. The Bertz CT molecular complexity index is 135. The number of thioether (sulfide) groups is 2. The summed E-state index contributed by atoms with van der Waals surface area (Å²) in [5.41, 5.74) is 6.24. The fraction of sp³-hybridized carbons (Fsp3) is 1.00. The summed E-state index contributed by atoms with van der Waals surface area (Å²) in [6, 6.07) is 0.415. The summed E-state index contributed by atoms with van der Waals surface area (Å²) in [5, 5.41) is 0.709. The second-order valence-electron chi connectivity index (χ2n) is 3.83. The standard InChI is InChI=1S/C10H21NS2/c1-3-4-8(2)10(11)9-7-12-5-6-13-9/h8-10H,3-7,11H2,1-2H3. The quantitative estimate of drug-likeness (QED) is 0.787. The average molecular weight is 219 g/mol. The highest BCUT2D eigenvalue weighted by Crippen LogP contribution is 2.29. The van der Waals surface area contributed by atoms with Gasteiger partial charge in [-0.2, -0.15) is 23.5 Å². The van der Waals surface area contributed by atoms with Crippen LogP contribution in [0.4, 0.5) is 0 Å². The van der Waals surface area contributed by atoms with E-state index < -0.39 is 0 Å². The minimum atomic E-state index is 0.415. The van der Waals surface area contributed by atoms with Gasteiger partial charge in [-0.05, 0) is 12.3 Å². The molecule has 1 fully saturated rings. The van der Waals surface area contributed by atoms with Crippen LogP contribution in [0.1, 0.15) is 26.7 Å². The number of nitrogens with two attached hydrogens (primary N) is 1. The van der Waals surface area contributed by atoms with E-state index in [1.165, 1.54) is 30.1 Å². The molecule has 0 aromatic heterocycles. The maximum atomic E-state index is 6.24. The maximum Gasteiger partial charge on any atom is 0.0292 e. The molecule has 0 spiro atoms. The second kappa shape index (κ2) is 6.20. The van der Waals surface area contributed by atoms with Crippen molar-refractivity contribution in [3.63, 3.8) is 0 Å². The molecule has 3 heteroatoms. The van der Waals surface area contributed by atoms with Crippen molar-refractivity contribution in [2.24, 2.45) is 11.7 Å². The molecule has 78 valence electrons. The third kappa shape index (κ3) is 3.72. The van der Waals surface area contributed by atoms with Gasteiger partial charge in [-0.15, -0.1) is 0 Å². The predicted molar refractivity (Wildman–Crippen MR) is 65.6 cm³/mol. The third-order valence-corrected chi connectivity index (χ3v) is 5.58. The highest BCUT2D eigenvalue weighted by atomic mass is 32.2. The van der Waals surface area contributed by atoms with Crippen molar-refractivity contribution in [3.8, 4) is 0 Å². The van der Waals surface area contributed by atoms with Crippen LogP contribution in [0.3, 0.4) is 0 Å². The molecule has 0 aromatic rings. The van der Waals surface area contributed by atoms with Gasteiger partial charge in [0, 0.05) is 28.6 Å². The third-order valence-electron chi connectivity index (χ3n) is 2.67. The van der Waals surface area contributed by atoms with Gasteiger partial charge in [-0.1, -0.05) is 20.3 Å². The van der Waals surface area contributed by atoms with Gasteiger partial charge in [0.15, 0.2) is 0 Å². The predicted octanol–water partition coefficient (Wildman–Crippen LogP) is 2.60. The molecule has 0 aromatic carbocycles. The van der Waals surface area contributed by atoms with Crippen LogP contribution in [0.25, 0.3) is 0 Å². The van der Waals surface area contributed by atoms with Crippen LogP contribution in [0.2, 0.25) is 0 Å². The molecule has 1 saturated heterocycles. The lowest BCUT2D eigenvalue weighted by atomic mass is 9.95. The van der Waals surface area contributed by atoms with E-state index in [0.29, 0.717) is 17.2 Å². The molecule has 0 aliphatic carbocycles. The lowest BCUT2D eigenvalue weighted by Gasteiger charge is -2.30. The largest absolute Gasteiger partial charge is 0.326 e. The summed E-state index contributed by atoms with van der Waals surface area (Å²) < 4.78 is 0. The molecule has 0 saturated carbocycles. The summed E-state index contributed by atoms with van der Waals surface area (Å²) in [5.74, 6) is 4.57. The molecule has 1 nitrogen and oxygen atoms in total. The van der Waals surface area contributed by atoms with Gasteiger partial charge < -0.3 is 5.73 Å². The zero-order chi connectivity index (χ0) is 9.68. The fourth-order valence-electron chi connectivity index (χ4n) is 1.74.